The van der Waals surface area contributed by atoms with Gasteiger partial charge in [-0.05, 0) is 117 Å². The van der Waals surface area contributed by atoms with Gasteiger partial charge in [-0.15, -0.1) is 0 Å². The molecule has 600 valence electrons. The summed E-state index contributed by atoms with van der Waals surface area (Å²) in [6.45, 7) is 14.5. The second-order valence-electron chi connectivity index (χ2n) is 28.8. The molecule has 1 aliphatic heterocycles. The number of guanidine groups is 1. The Hall–Kier alpha value is -11.8. The molecule has 0 unspecified atom stereocenters. The molecule has 1 aliphatic rings. The molecule has 0 spiro atoms. The molecule has 3 aromatic carbocycles. The van der Waals surface area contributed by atoms with Crippen LogP contribution in [0, 0.1) is 23.2 Å². The number of nitrogens with one attached hydrogen (secondary N) is 13. The lowest BCUT2D eigenvalue weighted by molar-refractivity contribution is -0.138. The van der Waals surface area contributed by atoms with Crippen LogP contribution in [0.15, 0.2) is 96.6 Å². The first-order valence-electron chi connectivity index (χ1n) is 37.4. The number of rotatable bonds is 42. The maximum absolute atomic E-state index is 15.0. The summed E-state index contributed by atoms with van der Waals surface area (Å²) in [7, 11) is 0. The Bertz CT molecular complexity index is 4310. The summed E-state index contributed by atoms with van der Waals surface area (Å²) in [6.07, 6.45) is 6.29. The van der Waals surface area contributed by atoms with Crippen LogP contribution in [0.4, 0.5) is 5.69 Å². The van der Waals surface area contributed by atoms with E-state index in [1.54, 1.807) is 63.1 Å². The van der Waals surface area contributed by atoms with E-state index in [0.29, 0.717) is 67.6 Å². The van der Waals surface area contributed by atoms with Gasteiger partial charge in [0, 0.05) is 87.9 Å². The lowest BCUT2D eigenvalue weighted by Crippen LogP contribution is -2.61. The topological polar surface area (TPSA) is 533 Å². The SMILES string of the molecule is CC[C@H](C)[C@H](NC(C)=O)C(=O)N[C@@H](CCCCN)C(=O)N1CCN(c2ccc3ncn(CC(=O)N[C@@H](CCCNC(=N)N)C(=O)N[C@@H](Cc4c[nH]cn4)C(=O)N[C@@H](Cc4ccc(O)cc4)C(=O)N[C@@H](CC(C)C)C(=O)N[C@@H](CC(N)=O)C(=O)N[C@@H](Cc4c[nH]c5ccccc45)C(=O)N[C@H](C(C)=O)C(C)C)c(=O)c3c2)CC1. The maximum atomic E-state index is 15.0. The van der Waals surface area contributed by atoms with Gasteiger partial charge in [0.15, 0.2) is 11.7 Å². The molecule has 4 heterocycles. The van der Waals surface area contributed by atoms with Gasteiger partial charge in [0.1, 0.15) is 60.6 Å². The van der Waals surface area contributed by atoms with E-state index >= 15 is 0 Å². The highest BCUT2D eigenvalue weighted by molar-refractivity contribution is 6.00. The van der Waals surface area contributed by atoms with Gasteiger partial charge in [0.2, 0.25) is 65.0 Å². The minimum atomic E-state index is -1.73. The zero-order valence-corrected chi connectivity index (χ0v) is 64.0. The van der Waals surface area contributed by atoms with Crippen molar-refractivity contribution in [2.75, 3.05) is 44.2 Å². The third-order valence-electron chi connectivity index (χ3n) is 19.3. The predicted octanol–water partition coefficient (Wildman–Crippen LogP) is -0.329. The number of imidazole rings is 1. The normalized spacial score (nSPS) is 14.9. The number of phenolic OH excluding ortho intramolecular Hbond substituents is 1. The monoisotopic (exact) mass is 1540 g/mol. The Morgan fingerprint density at radius 2 is 1.23 bits per heavy atom. The zero-order chi connectivity index (χ0) is 81.2. The number of aromatic hydroxyl groups is 1. The second kappa shape index (κ2) is 41.7. The number of nitrogens with zero attached hydrogens (tertiary/aromatic N) is 5. The van der Waals surface area contributed by atoms with E-state index in [2.05, 4.69) is 73.1 Å². The zero-order valence-electron chi connectivity index (χ0n) is 64.0. The number of para-hydroxylation sites is 1. The number of aromatic nitrogens is 5. The Morgan fingerprint density at radius 3 is 1.84 bits per heavy atom. The summed E-state index contributed by atoms with van der Waals surface area (Å²) < 4.78 is 1.06. The summed E-state index contributed by atoms with van der Waals surface area (Å²) in [5, 5.41) is 45.9. The molecule has 0 radical (unpaired) electrons. The number of H-pyrrole nitrogens is 2. The molecular formula is C76H107N21O14. The number of nitrogens with two attached hydrogens (primary N) is 3. The number of hydrogen-bond acceptors (Lipinski definition) is 19. The van der Waals surface area contributed by atoms with Crippen molar-refractivity contribution in [3.63, 3.8) is 0 Å². The first kappa shape index (κ1) is 86.5. The molecule has 10 atom stereocenters. The number of amides is 11. The minimum absolute atomic E-state index is 0.0680. The molecule has 0 aliphatic carbocycles. The van der Waals surface area contributed by atoms with E-state index in [-0.39, 0.29) is 116 Å². The van der Waals surface area contributed by atoms with Crippen molar-refractivity contribution in [3.8, 4) is 5.75 Å². The molecule has 111 heavy (non-hydrogen) atoms. The molecule has 7 rings (SSSR count). The summed E-state index contributed by atoms with van der Waals surface area (Å²) in [5.74, 6) is -10.1. The first-order valence-corrected chi connectivity index (χ1v) is 37.4. The number of ketones is 1. The van der Waals surface area contributed by atoms with Crippen molar-refractivity contribution >= 4 is 104 Å². The van der Waals surface area contributed by atoms with Gasteiger partial charge in [-0.1, -0.05) is 78.3 Å². The Kier molecular flexibility index (Phi) is 32.5. The van der Waals surface area contributed by atoms with Gasteiger partial charge in [-0.25, -0.2) is 9.97 Å². The number of aromatic amines is 2. The molecular weight excluding hydrogens is 1430 g/mol. The molecule has 11 amide bonds. The minimum Gasteiger partial charge on any atom is -0.508 e. The van der Waals surface area contributed by atoms with Crippen LogP contribution >= 0.6 is 0 Å². The summed E-state index contributed by atoms with van der Waals surface area (Å²) in [5.41, 5.74) is 19.4. The maximum Gasteiger partial charge on any atom is 0.261 e. The highest BCUT2D eigenvalue weighted by Crippen LogP contribution is 2.24. The molecule has 3 aromatic heterocycles. The number of anilines is 1. The van der Waals surface area contributed by atoms with Crippen molar-refractivity contribution in [3.05, 3.63) is 119 Å². The highest BCUT2D eigenvalue weighted by Gasteiger charge is 2.38. The van der Waals surface area contributed by atoms with E-state index in [9.17, 15) is 67.4 Å². The molecule has 6 aromatic rings. The van der Waals surface area contributed by atoms with Crippen LogP contribution in [-0.2, 0) is 83.3 Å². The van der Waals surface area contributed by atoms with Crippen LogP contribution in [0.2, 0.25) is 0 Å². The second-order valence-corrected chi connectivity index (χ2v) is 28.8. The van der Waals surface area contributed by atoms with E-state index in [1.807, 2.05) is 36.9 Å². The molecule has 35 heteroatoms. The standard InChI is InChI=1S/C76H107N21O14/c1-9-44(6)66(86-46(8)99)73(109)88-57(17-12-13-25-77)75(111)96-29-27-95(28-30-96)50-21-24-55-53(35-50)74(110)97(41-85-55)39-64(102)87-56(18-14-26-82-76(79)80)67(103)92-61(34-49-38-81-40-84-49)70(106)90-59(32-47-19-22-51(100)23-20-47)69(105)89-58(31-42(2)3)68(104)93-62(36-63(78)101)71(107)91-60(72(108)94-65(43(4)5)45(7)98)33-48-37-83-54-16-11-10-15-52(48)54/h10-11,15-16,19-24,35,37-38,40-44,56-62,65-66,83,100H,9,12-14,17-18,25-34,36,39,77H2,1-8H3,(H2,78,101)(H,81,84)(H,86,99)(H,87,102)(H,88,109)(H,89,105)(H,90,106)(H,91,107)(H,92,103)(H,93,104)(H,94,108)(H4,79,80,82)/t44-,56-,57-,58-,59-,60-,61-,62-,65-,66-/m0/s1. The van der Waals surface area contributed by atoms with E-state index in [1.165, 1.54) is 57.0 Å². The number of Topliss-reactive ketones (excluding diaryl/α,β-unsaturated/α-hetero) is 1. The van der Waals surface area contributed by atoms with Gasteiger partial charge in [-0.2, -0.15) is 0 Å². The lowest BCUT2D eigenvalue weighted by Gasteiger charge is -2.38. The Labute approximate surface area is 642 Å². The van der Waals surface area contributed by atoms with Crippen molar-refractivity contribution in [1.82, 2.24) is 82.6 Å². The molecule has 0 saturated carbocycles. The average Bonchev–Trinajstić information content (AvgIpc) is 1.76. The van der Waals surface area contributed by atoms with Crippen LogP contribution in [0.25, 0.3) is 21.8 Å². The highest BCUT2D eigenvalue weighted by atomic mass is 16.3. The Morgan fingerprint density at radius 1 is 0.622 bits per heavy atom. The number of fused-ring (bicyclic) bond motifs is 2. The Balaban J connectivity index is 1.08. The number of carbonyl (C=O) groups excluding carboxylic acids is 12. The number of hydrogen-bond donors (Lipinski definition) is 17. The van der Waals surface area contributed by atoms with Crippen LogP contribution < -0.4 is 80.8 Å². The van der Waals surface area contributed by atoms with Crippen molar-refractivity contribution in [1.29, 1.82) is 5.41 Å². The number of benzene rings is 3. The summed E-state index contributed by atoms with van der Waals surface area (Å²) in [6, 6.07) is 6.23. The lowest BCUT2D eigenvalue weighted by atomic mass is 9.97. The molecule has 35 nitrogen and oxygen atoms in total. The molecule has 1 fully saturated rings. The fourth-order valence-electron chi connectivity index (χ4n) is 13.1. The van der Waals surface area contributed by atoms with Gasteiger partial charge in [-0.3, -0.25) is 72.3 Å². The summed E-state index contributed by atoms with van der Waals surface area (Å²) in [4.78, 5) is 200. The third kappa shape index (κ3) is 25.9. The van der Waals surface area contributed by atoms with Gasteiger partial charge < -0.3 is 95.2 Å². The fraction of sp³-hybridized carbons (Fsp3) is 0.500. The van der Waals surface area contributed by atoms with Crippen LogP contribution in [0.1, 0.15) is 124 Å². The predicted molar refractivity (Wildman–Crippen MR) is 414 cm³/mol. The van der Waals surface area contributed by atoms with Crippen LogP contribution in [0.3, 0.4) is 0 Å². The average molecular weight is 1540 g/mol. The van der Waals surface area contributed by atoms with E-state index in [4.69, 9.17) is 22.6 Å². The molecule has 1 saturated heterocycles. The number of unbranched alkanes of at least 4 members (excludes halogenated alkanes) is 1. The van der Waals surface area contributed by atoms with E-state index < -0.39 is 126 Å². The van der Waals surface area contributed by atoms with Crippen molar-refractivity contribution in [2.45, 2.75) is 187 Å². The smallest absolute Gasteiger partial charge is 0.261 e. The number of phenols is 1. The number of carbonyl (C=O) groups is 12. The number of primary amides is 1. The molecule has 20 N–H and O–H groups in total. The first-order chi connectivity index (χ1) is 52.8. The quantitative estimate of drug-likeness (QED) is 0.0133. The third-order valence-corrected chi connectivity index (χ3v) is 19.3. The van der Waals surface area contributed by atoms with Gasteiger partial charge >= 0.3 is 0 Å². The van der Waals surface area contributed by atoms with E-state index in [0.717, 1.165) is 15.5 Å². The largest absolute Gasteiger partial charge is 0.508 e. The van der Waals surface area contributed by atoms with Crippen molar-refractivity contribution < 1.29 is 62.6 Å². The molecule has 0 bridgehead atoms. The summed E-state index contributed by atoms with van der Waals surface area (Å²) >= 11 is 0. The van der Waals surface area contributed by atoms with Gasteiger partial charge in [0.25, 0.3) is 5.56 Å². The van der Waals surface area contributed by atoms with Crippen LogP contribution in [0.5, 0.6) is 5.75 Å². The van der Waals surface area contributed by atoms with Crippen molar-refractivity contribution in [2.24, 2.45) is 35.0 Å². The number of piperazine rings is 1. The fourth-order valence-corrected chi connectivity index (χ4v) is 13.1. The van der Waals surface area contributed by atoms with Crippen LogP contribution in [-0.4, -0.2) is 205 Å². The van der Waals surface area contributed by atoms with Gasteiger partial charge in [0.05, 0.1) is 41.7 Å².